The van der Waals surface area contributed by atoms with E-state index in [0.29, 0.717) is 50.5 Å². The highest BCUT2D eigenvalue weighted by Gasteiger charge is 2.56. The third-order valence-electron chi connectivity index (χ3n) is 15.2. The summed E-state index contributed by atoms with van der Waals surface area (Å²) in [7, 11) is 6.40. The Kier molecular flexibility index (Phi) is 18.5. The van der Waals surface area contributed by atoms with Crippen LogP contribution in [0, 0.1) is 29.6 Å². The fourth-order valence-corrected chi connectivity index (χ4v) is 11.1. The van der Waals surface area contributed by atoms with Crippen LogP contribution in [0.15, 0.2) is 59.7 Å². The first-order chi connectivity index (χ1) is 32.4. The largest absolute Gasteiger partial charge is 0.497 e. The number of carbonyl (C=O) groups excluding carboxylic acids is 4. The number of benzene rings is 2. The van der Waals surface area contributed by atoms with Gasteiger partial charge in [0.05, 0.1) is 31.5 Å². The summed E-state index contributed by atoms with van der Waals surface area (Å²) in [6.07, 6.45) is 4.47. The van der Waals surface area contributed by atoms with E-state index in [1.807, 2.05) is 63.2 Å². The van der Waals surface area contributed by atoms with Crippen molar-refractivity contribution in [3.05, 3.63) is 59.7 Å². The van der Waals surface area contributed by atoms with Gasteiger partial charge in [0.1, 0.15) is 41.6 Å². The highest BCUT2D eigenvalue weighted by Crippen LogP contribution is 2.40. The number of piperidine rings is 1. The van der Waals surface area contributed by atoms with Gasteiger partial charge in [-0.25, -0.2) is 4.79 Å². The SMILES string of the molecule is CCC1C=C(C)CC(C)CC(OC)C2OC(O)(C(=O)C(=O)N3CCCCC3C(=O)OC(C(C)=CC3CCC(Oc4ccc5cc(OC)ccc5c4)C(OC)C3)C(C)C(O)CC1=O)C(C)CC2OC. The topological polar surface area (TPSA) is 177 Å². The van der Waals surface area contributed by atoms with Gasteiger partial charge < -0.3 is 48.3 Å². The average Bonchev–Trinajstić information content (AvgIpc) is 3.33. The Morgan fingerprint density at radius 1 is 0.838 bits per heavy atom. The van der Waals surface area contributed by atoms with Gasteiger partial charge in [-0.1, -0.05) is 57.6 Å². The number of hydrogen-bond donors (Lipinski definition) is 2. The van der Waals surface area contributed by atoms with Crippen LogP contribution in [0.2, 0.25) is 0 Å². The number of ether oxygens (including phenoxy) is 7. The number of allylic oxidation sites excluding steroid dienone is 3. The van der Waals surface area contributed by atoms with E-state index in [1.54, 1.807) is 28.1 Å². The van der Waals surface area contributed by atoms with Crippen molar-refractivity contribution >= 4 is 34.2 Å². The quantitative estimate of drug-likeness (QED) is 0.142. The molecule has 68 heavy (non-hydrogen) atoms. The second-order valence-corrected chi connectivity index (χ2v) is 20.1. The molecule has 2 saturated heterocycles. The van der Waals surface area contributed by atoms with Crippen LogP contribution in [0.25, 0.3) is 10.8 Å². The van der Waals surface area contributed by atoms with Crippen molar-refractivity contribution in [2.75, 3.05) is 35.0 Å². The Morgan fingerprint density at radius 2 is 1.50 bits per heavy atom. The molecule has 0 spiro atoms. The lowest BCUT2D eigenvalue weighted by Crippen LogP contribution is -2.64. The minimum absolute atomic E-state index is 0.00139. The maximum Gasteiger partial charge on any atom is 0.329 e. The first-order valence-corrected chi connectivity index (χ1v) is 24.8. The summed E-state index contributed by atoms with van der Waals surface area (Å²) in [6, 6.07) is 10.7. The van der Waals surface area contributed by atoms with Crippen molar-refractivity contribution in [2.45, 2.75) is 167 Å². The molecule has 1 aliphatic carbocycles. The van der Waals surface area contributed by atoms with Crippen molar-refractivity contribution in [1.82, 2.24) is 4.90 Å². The highest BCUT2D eigenvalue weighted by molar-refractivity contribution is 6.39. The highest BCUT2D eigenvalue weighted by atomic mass is 16.7. The number of cyclic esters (lactones) is 1. The predicted molar refractivity (Wildman–Crippen MR) is 257 cm³/mol. The predicted octanol–water partition coefficient (Wildman–Crippen LogP) is 7.72. The molecule has 4 aliphatic rings. The van der Waals surface area contributed by atoms with Gasteiger partial charge in [-0.05, 0) is 131 Å². The molecule has 3 aliphatic heterocycles. The molecule has 2 aromatic rings. The summed E-state index contributed by atoms with van der Waals surface area (Å²) in [5.41, 5.74) is 1.68. The maximum absolute atomic E-state index is 14.6. The summed E-state index contributed by atoms with van der Waals surface area (Å²) in [4.78, 5) is 58.6. The third-order valence-corrected chi connectivity index (χ3v) is 15.2. The molecular formula is C54H77NO13. The number of methoxy groups -OCH3 is 4. The number of aliphatic hydroxyl groups is 2. The number of carbonyl (C=O) groups is 4. The van der Waals surface area contributed by atoms with Crippen molar-refractivity contribution in [2.24, 2.45) is 29.6 Å². The number of aliphatic hydroxyl groups excluding tert-OH is 1. The maximum atomic E-state index is 14.6. The minimum Gasteiger partial charge on any atom is -0.497 e. The van der Waals surface area contributed by atoms with E-state index in [-0.39, 0.29) is 55.6 Å². The van der Waals surface area contributed by atoms with Gasteiger partial charge in [-0.2, -0.15) is 0 Å². The molecule has 3 fully saturated rings. The van der Waals surface area contributed by atoms with Crippen LogP contribution in [0.4, 0.5) is 0 Å². The van der Waals surface area contributed by atoms with Crippen LogP contribution in [-0.2, 0) is 42.9 Å². The lowest BCUT2D eigenvalue weighted by Gasteiger charge is -2.47. The van der Waals surface area contributed by atoms with Gasteiger partial charge in [-0.15, -0.1) is 0 Å². The van der Waals surface area contributed by atoms with Crippen LogP contribution < -0.4 is 9.47 Å². The van der Waals surface area contributed by atoms with Crippen molar-refractivity contribution in [3.8, 4) is 11.5 Å². The van der Waals surface area contributed by atoms with Crippen LogP contribution in [0.1, 0.15) is 112 Å². The lowest BCUT2D eigenvalue weighted by atomic mass is 9.81. The van der Waals surface area contributed by atoms with Gasteiger partial charge in [-0.3, -0.25) is 14.4 Å². The molecule has 2 aromatic carbocycles. The number of hydrogen-bond acceptors (Lipinski definition) is 13. The molecule has 1 saturated carbocycles. The van der Waals surface area contributed by atoms with Gasteiger partial charge in [0, 0.05) is 52.0 Å². The minimum atomic E-state index is -2.51. The monoisotopic (exact) mass is 948 g/mol. The number of esters is 1. The normalized spacial score (nSPS) is 35.5. The zero-order valence-corrected chi connectivity index (χ0v) is 41.9. The number of fused-ring (bicyclic) bond motifs is 4. The van der Waals surface area contributed by atoms with E-state index >= 15 is 0 Å². The van der Waals surface area contributed by atoms with Crippen LogP contribution >= 0.6 is 0 Å². The van der Waals surface area contributed by atoms with E-state index in [9.17, 15) is 29.4 Å². The molecule has 2 bridgehead atoms. The first kappa shape index (κ1) is 53.2. The van der Waals surface area contributed by atoms with Gasteiger partial charge >= 0.3 is 5.97 Å². The molecule has 14 atom stereocenters. The fraction of sp³-hybridized carbons (Fsp3) is 0.667. The second-order valence-electron chi connectivity index (χ2n) is 20.1. The number of nitrogens with zero attached hydrogens (tertiary/aromatic N) is 1. The molecule has 14 heteroatoms. The molecular weight excluding hydrogens is 871 g/mol. The van der Waals surface area contributed by atoms with Crippen molar-refractivity contribution in [3.63, 3.8) is 0 Å². The standard InChI is InChI=1S/C54H77NO13/c1-11-37-23-31(2)22-32(3)24-47(64-9)50-48(65-10)26-34(5)54(61,68-50)51(58)52(59)55-21-13-12-14-42(55)53(60)67-49(35(6)43(56)30-44(37)57)33(4)25-36-15-20-45(46(27-36)63-8)66-41-19-17-38-28-40(62-7)18-16-39(38)29-41/h16-19,23,25,28-29,32,34-37,42-43,45-50,56,61H,11-15,20-22,24,26-27,30H2,1-10H3. The molecule has 6 rings (SSSR count). The van der Waals surface area contributed by atoms with E-state index in [4.69, 9.17) is 33.2 Å². The fourth-order valence-electron chi connectivity index (χ4n) is 11.1. The van der Waals surface area contributed by atoms with Crippen LogP contribution in [0.3, 0.4) is 0 Å². The zero-order chi connectivity index (χ0) is 49.4. The molecule has 376 valence electrons. The first-order valence-electron chi connectivity index (χ1n) is 24.8. The number of rotatable bonds is 9. The molecule has 0 radical (unpaired) electrons. The van der Waals surface area contributed by atoms with Crippen molar-refractivity contribution in [1.29, 1.82) is 0 Å². The summed E-state index contributed by atoms with van der Waals surface area (Å²) in [6.45, 7) is 11.4. The molecule has 1 amide bonds. The smallest absolute Gasteiger partial charge is 0.329 e. The van der Waals surface area contributed by atoms with E-state index in [1.165, 1.54) is 19.1 Å². The Morgan fingerprint density at radius 3 is 2.16 bits per heavy atom. The summed E-state index contributed by atoms with van der Waals surface area (Å²) in [5, 5.41) is 26.1. The summed E-state index contributed by atoms with van der Waals surface area (Å²) >= 11 is 0. The van der Waals surface area contributed by atoms with Gasteiger partial charge in [0.2, 0.25) is 5.79 Å². The molecule has 2 N–H and O–H groups in total. The Balaban J connectivity index is 1.29. The van der Waals surface area contributed by atoms with Gasteiger partial charge in [0.15, 0.2) is 0 Å². The molecule has 3 heterocycles. The number of amides is 1. The molecule has 14 nitrogen and oxygen atoms in total. The Bertz CT molecular complexity index is 2140. The summed E-state index contributed by atoms with van der Waals surface area (Å²) < 4.78 is 42.4. The second kappa shape index (κ2) is 23.6. The van der Waals surface area contributed by atoms with E-state index < -0.39 is 77.8 Å². The average molecular weight is 948 g/mol. The Labute approximate surface area is 403 Å². The number of ketones is 2. The van der Waals surface area contributed by atoms with E-state index in [2.05, 4.69) is 13.0 Å². The summed E-state index contributed by atoms with van der Waals surface area (Å²) in [5.74, 6) is -6.02. The third kappa shape index (κ3) is 12.2. The molecule has 0 aromatic heterocycles. The van der Waals surface area contributed by atoms with Crippen LogP contribution in [-0.4, -0.2) is 128 Å². The molecule has 14 unspecified atom stereocenters. The van der Waals surface area contributed by atoms with E-state index in [0.717, 1.165) is 34.3 Å². The Hall–Kier alpha value is -4.18. The number of Topliss-reactive ketones (excluding diaryl/α,β-unsaturated/α-hetero) is 2. The van der Waals surface area contributed by atoms with Crippen molar-refractivity contribution < 1.29 is 62.5 Å². The lowest BCUT2D eigenvalue weighted by molar-refractivity contribution is -0.302. The van der Waals surface area contributed by atoms with Gasteiger partial charge in [0.25, 0.3) is 11.7 Å². The van der Waals surface area contributed by atoms with Crippen LogP contribution in [0.5, 0.6) is 11.5 Å². The zero-order valence-electron chi connectivity index (χ0n) is 41.9.